The van der Waals surface area contributed by atoms with Gasteiger partial charge < -0.3 is 15.0 Å². The van der Waals surface area contributed by atoms with Crippen LogP contribution in [0.3, 0.4) is 0 Å². The van der Waals surface area contributed by atoms with Gasteiger partial charge in [-0.15, -0.1) is 11.8 Å². The summed E-state index contributed by atoms with van der Waals surface area (Å²) in [5, 5.41) is 3.07. The minimum absolute atomic E-state index is 0.0482. The second kappa shape index (κ2) is 15.1. The smallest absolute Gasteiger partial charge is 0.243 e. The van der Waals surface area contributed by atoms with Gasteiger partial charge in [-0.25, -0.2) is 0 Å². The summed E-state index contributed by atoms with van der Waals surface area (Å²) >= 11 is 1.58. The number of nitrogens with one attached hydrogen (secondary N) is 1. The molecule has 0 saturated carbocycles. The second-order valence-electron chi connectivity index (χ2n) is 9.14. The first-order valence-corrected chi connectivity index (χ1v) is 14.0. The minimum atomic E-state index is -0.614. The molecule has 3 aromatic rings. The molecule has 0 unspecified atom stereocenters. The Morgan fingerprint density at radius 1 is 0.973 bits per heavy atom. The van der Waals surface area contributed by atoms with Crippen LogP contribution < -0.4 is 10.1 Å². The Balaban J connectivity index is 1.85. The molecule has 1 atom stereocenters. The second-order valence-corrected chi connectivity index (χ2v) is 10.1. The standard InChI is InChI=1S/C31H38N2O3S/c1-4-5-18-32-31(35)29(20-25-13-7-6-8-14-25)33(21-26-15-11-17-28(19-26)36-3)30(34)23-37-22-27-16-10-9-12-24(27)2/h6-17,19,29H,4-5,18,20-23H2,1-3H3,(H,32,35)/t29-/m0/s1. The molecule has 6 heteroatoms. The molecule has 0 heterocycles. The number of aryl methyl sites for hydroxylation is 1. The number of benzene rings is 3. The molecule has 5 nitrogen and oxygen atoms in total. The van der Waals surface area contributed by atoms with Gasteiger partial charge in [-0.3, -0.25) is 9.59 Å². The number of carbonyl (C=O) groups is 2. The van der Waals surface area contributed by atoms with Crippen molar-refractivity contribution < 1.29 is 14.3 Å². The molecule has 0 aliphatic carbocycles. The monoisotopic (exact) mass is 518 g/mol. The van der Waals surface area contributed by atoms with E-state index < -0.39 is 6.04 Å². The summed E-state index contributed by atoms with van der Waals surface area (Å²) in [6.07, 6.45) is 2.35. The van der Waals surface area contributed by atoms with E-state index in [1.54, 1.807) is 23.8 Å². The first-order valence-electron chi connectivity index (χ1n) is 12.9. The van der Waals surface area contributed by atoms with Crippen LogP contribution in [0.4, 0.5) is 0 Å². The summed E-state index contributed by atoms with van der Waals surface area (Å²) < 4.78 is 5.40. The maximum absolute atomic E-state index is 13.7. The van der Waals surface area contributed by atoms with Gasteiger partial charge in [0.25, 0.3) is 0 Å². The first kappa shape index (κ1) is 28.3. The van der Waals surface area contributed by atoms with Crippen LogP contribution in [-0.2, 0) is 28.3 Å². The van der Waals surface area contributed by atoms with Crippen LogP contribution in [0, 0.1) is 6.92 Å². The highest BCUT2D eigenvalue weighted by Gasteiger charge is 2.30. The van der Waals surface area contributed by atoms with Crippen molar-refractivity contribution in [2.45, 2.75) is 51.4 Å². The number of ether oxygens (including phenoxy) is 1. The van der Waals surface area contributed by atoms with Crippen molar-refractivity contribution in [3.8, 4) is 5.75 Å². The molecular formula is C31H38N2O3S. The lowest BCUT2D eigenvalue weighted by molar-refractivity contribution is -0.139. The highest BCUT2D eigenvalue weighted by molar-refractivity contribution is 7.99. The van der Waals surface area contributed by atoms with Gasteiger partial charge in [-0.1, -0.05) is 80.1 Å². The van der Waals surface area contributed by atoms with E-state index in [-0.39, 0.29) is 11.8 Å². The number of methoxy groups -OCH3 is 1. The Morgan fingerprint density at radius 3 is 2.43 bits per heavy atom. The maximum Gasteiger partial charge on any atom is 0.243 e. The Kier molecular flexibility index (Phi) is 11.6. The van der Waals surface area contributed by atoms with Gasteiger partial charge in [-0.2, -0.15) is 0 Å². The molecule has 0 radical (unpaired) electrons. The summed E-state index contributed by atoms with van der Waals surface area (Å²) in [5.41, 5.74) is 4.39. The van der Waals surface area contributed by atoms with Crippen molar-refractivity contribution in [3.05, 3.63) is 101 Å². The number of amides is 2. The number of rotatable bonds is 14. The number of hydrogen-bond acceptors (Lipinski definition) is 4. The molecule has 3 rings (SSSR count). The van der Waals surface area contributed by atoms with Crippen LogP contribution in [-0.4, -0.2) is 42.2 Å². The maximum atomic E-state index is 13.7. The van der Waals surface area contributed by atoms with Crippen LogP contribution in [0.2, 0.25) is 0 Å². The van der Waals surface area contributed by atoms with Crippen molar-refractivity contribution in [2.75, 3.05) is 19.4 Å². The molecule has 0 fully saturated rings. The summed E-state index contributed by atoms with van der Waals surface area (Å²) in [6, 6.07) is 25.2. The average molecular weight is 519 g/mol. The van der Waals surface area contributed by atoms with Crippen molar-refractivity contribution in [1.29, 1.82) is 0 Å². The van der Waals surface area contributed by atoms with Gasteiger partial charge in [0.15, 0.2) is 0 Å². The van der Waals surface area contributed by atoms with Gasteiger partial charge in [0, 0.05) is 25.3 Å². The van der Waals surface area contributed by atoms with Gasteiger partial charge >= 0.3 is 0 Å². The van der Waals surface area contributed by atoms with E-state index in [2.05, 4.69) is 31.3 Å². The normalized spacial score (nSPS) is 11.5. The molecule has 2 amide bonds. The summed E-state index contributed by atoms with van der Waals surface area (Å²) in [5.74, 6) is 1.61. The van der Waals surface area contributed by atoms with Gasteiger partial charge in [0.1, 0.15) is 11.8 Å². The third-order valence-electron chi connectivity index (χ3n) is 6.33. The molecule has 0 aromatic heterocycles. The third-order valence-corrected chi connectivity index (χ3v) is 7.30. The average Bonchev–Trinajstić information content (AvgIpc) is 2.92. The number of thioether (sulfide) groups is 1. The lowest BCUT2D eigenvalue weighted by Crippen LogP contribution is -2.51. The summed E-state index contributed by atoms with van der Waals surface area (Å²) in [4.78, 5) is 29.0. The lowest BCUT2D eigenvalue weighted by atomic mass is 10.0. The molecule has 37 heavy (non-hydrogen) atoms. The SMILES string of the molecule is CCCCNC(=O)[C@H](Cc1ccccc1)N(Cc1cccc(OC)c1)C(=O)CSCc1ccccc1C. The summed E-state index contributed by atoms with van der Waals surface area (Å²) in [7, 11) is 1.63. The van der Waals surface area contributed by atoms with E-state index in [1.807, 2.05) is 66.7 Å². The van der Waals surface area contributed by atoms with E-state index in [1.165, 1.54) is 11.1 Å². The number of nitrogens with zero attached hydrogens (tertiary/aromatic N) is 1. The molecule has 0 aliphatic heterocycles. The molecule has 3 aromatic carbocycles. The fraction of sp³-hybridized carbons (Fsp3) is 0.355. The van der Waals surface area contributed by atoms with Gasteiger partial charge in [-0.05, 0) is 47.7 Å². The van der Waals surface area contributed by atoms with E-state index in [0.29, 0.717) is 25.3 Å². The van der Waals surface area contributed by atoms with E-state index in [4.69, 9.17) is 4.74 Å². The van der Waals surface area contributed by atoms with E-state index in [0.717, 1.165) is 35.5 Å². The molecule has 0 spiro atoms. The predicted octanol–water partition coefficient (Wildman–Crippen LogP) is 5.79. The topological polar surface area (TPSA) is 58.6 Å². The van der Waals surface area contributed by atoms with Crippen LogP contribution in [0.25, 0.3) is 0 Å². The Morgan fingerprint density at radius 2 is 1.70 bits per heavy atom. The zero-order valence-electron chi connectivity index (χ0n) is 22.1. The minimum Gasteiger partial charge on any atom is -0.497 e. The van der Waals surface area contributed by atoms with Crippen molar-refractivity contribution in [1.82, 2.24) is 10.2 Å². The fourth-order valence-electron chi connectivity index (χ4n) is 4.13. The fourth-order valence-corrected chi connectivity index (χ4v) is 5.12. The zero-order chi connectivity index (χ0) is 26.5. The van der Waals surface area contributed by atoms with Crippen LogP contribution in [0.5, 0.6) is 5.75 Å². The zero-order valence-corrected chi connectivity index (χ0v) is 22.9. The largest absolute Gasteiger partial charge is 0.497 e. The number of unbranched alkanes of at least 4 members (excludes halogenated alkanes) is 1. The number of carbonyl (C=O) groups excluding carboxylic acids is 2. The molecule has 1 N–H and O–H groups in total. The van der Waals surface area contributed by atoms with E-state index >= 15 is 0 Å². The summed E-state index contributed by atoms with van der Waals surface area (Å²) in [6.45, 7) is 5.12. The van der Waals surface area contributed by atoms with Crippen molar-refractivity contribution in [2.24, 2.45) is 0 Å². The van der Waals surface area contributed by atoms with Crippen LogP contribution in [0.15, 0.2) is 78.9 Å². The van der Waals surface area contributed by atoms with E-state index in [9.17, 15) is 9.59 Å². The third kappa shape index (κ3) is 8.97. The first-order chi connectivity index (χ1) is 18.0. The van der Waals surface area contributed by atoms with Gasteiger partial charge in [0.2, 0.25) is 11.8 Å². The Labute approximate surface area is 225 Å². The Bertz CT molecular complexity index is 1140. The molecule has 0 aliphatic rings. The van der Waals surface area contributed by atoms with Crippen LogP contribution in [0.1, 0.15) is 42.0 Å². The quantitative estimate of drug-likeness (QED) is 0.274. The van der Waals surface area contributed by atoms with Gasteiger partial charge in [0.05, 0.1) is 12.9 Å². The molecule has 0 saturated heterocycles. The molecule has 0 bridgehead atoms. The van der Waals surface area contributed by atoms with Crippen molar-refractivity contribution >= 4 is 23.6 Å². The highest BCUT2D eigenvalue weighted by Crippen LogP contribution is 2.21. The van der Waals surface area contributed by atoms with Crippen molar-refractivity contribution in [3.63, 3.8) is 0 Å². The lowest BCUT2D eigenvalue weighted by Gasteiger charge is -2.31. The van der Waals surface area contributed by atoms with Crippen LogP contribution >= 0.6 is 11.8 Å². The Hall–Kier alpha value is -3.25. The highest BCUT2D eigenvalue weighted by atomic mass is 32.2. The number of hydrogen-bond donors (Lipinski definition) is 1. The predicted molar refractivity (Wildman–Crippen MR) is 153 cm³/mol. The molecular weight excluding hydrogens is 480 g/mol. The molecule has 196 valence electrons.